The van der Waals surface area contributed by atoms with Crippen molar-refractivity contribution in [3.05, 3.63) is 24.3 Å². The molecule has 0 aromatic rings. The van der Waals surface area contributed by atoms with E-state index in [9.17, 15) is 4.79 Å². The van der Waals surface area contributed by atoms with Gasteiger partial charge in [0.05, 0.1) is 0 Å². The standard InChI is InChI=1S/C7H11NO2/c1-2-3-4-5-6-10-7(8)9/h2-5H,6H2,1H3,(H2,8,9)/b3-2+,5-4+. The summed E-state index contributed by atoms with van der Waals surface area (Å²) < 4.78 is 4.41. The van der Waals surface area contributed by atoms with Crippen molar-refractivity contribution in [1.82, 2.24) is 0 Å². The second kappa shape index (κ2) is 5.88. The van der Waals surface area contributed by atoms with E-state index in [1.54, 1.807) is 12.2 Å². The molecule has 0 radical (unpaired) electrons. The third kappa shape index (κ3) is 6.75. The van der Waals surface area contributed by atoms with E-state index in [1.165, 1.54) is 0 Å². The van der Waals surface area contributed by atoms with Crippen molar-refractivity contribution in [3.8, 4) is 0 Å². The van der Waals surface area contributed by atoms with Crippen molar-refractivity contribution in [2.24, 2.45) is 5.73 Å². The van der Waals surface area contributed by atoms with Crippen molar-refractivity contribution in [1.29, 1.82) is 0 Å². The number of allylic oxidation sites excluding steroid dienone is 3. The highest BCUT2D eigenvalue weighted by atomic mass is 16.5. The number of hydrogen-bond donors (Lipinski definition) is 1. The summed E-state index contributed by atoms with van der Waals surface area (Å²) in [5.41, 5.74) is 4.69. The summed E-state index contributed by atoms with van der Waals surface area (Å²) in [5, 5.41) is 0. The van der Waals surface area contributed by atoms with E-state index in [0.717, 1.165) is 0 Å². The van der Waals surface area contributed by atoms with Gasteiger partial charge < -0.3 is 10.5 Å². The molecule has 0 aliphatic heterocycles. The molecule has 1 amide bonds. The second-order valence-electron chi connectivity index (χ2n) is 1.58. The maximum atomic E-state index is 9.98. The fourth-order valence-corrected chi connectivity index (χ4v) is 0.375. The summed E-state index contributed by atoms with van der Waals surface area (Å²) in [7, 11) is 0. The van der Waals surface area contributed by atoms with Crippen LogP contribution in [0.4, 0.5) is 4.79 Å². The Labute approximate surface area is 60.2 Å². The lowest BCUT2D eigenvalue weighted by Gasteiger charge is -1.91. The Morgan fingerprint density at radius 3 is 2.80 bits per heavy atom. The Balaban J connectivity index is 3.27. The summed E-state index contributed by atoms with van der Waals surface area (Å²) in [6.45, 7) is 2.14. The molecule has 0 atom stereocenters. The third-order valence-corrected chi connectivity index (χ3v) is 0.761. The largest absolute Gasteiger partial charge is 0.445 e. The molecule has 0 heterocycles. The molecule has 0 aromatic heterocycles. The first-order valence-corrected chi connectivity index (χ1v) is 2.97. The van der Waals surface area contributed by atoms with E-state index in [0.29, 0.717) is 0 Å². The van der Waals surface area contributed by atoms with Gasteiger partial charge in [0.2, 0.25) is 0 Å². The van der Waals surface area contributed by atoms with Crippen molar-refractivity contribution >= 4 is 6.09 Å². The second-order valence-corrected chi connectivity index (χ2v) is 1.58. The van der Waals surface area contributed by atoms with Crippen LogP contribution in [0, 0.1) is 0 Å². The number of nitrogens with two attached hydrogens (primary N) is 1. The molecule has 0 spiro atoms. The van der Waals surface area contributed by atoms with E-state index in [2.05, 4.69) is 4.74 Å². The van der Waals surface area contributed by atoms with Crippen LogP contribution >= 0.6 is 0 Å². The number of carbonyl (C=O) groups excluding carboxylic acids is 1. The van der Waals surface area contributed by atoms with Crippen molar-refractivity contribution < 1.29 is 9.53 Å². The molecule has 0 aromatic carbocycles. The Morgan fingerprint density at radius 1 is 1.60 bits per heavy atom. The molecular weight excluding hydrogens is 130 g/mol. The predicted octanol–water partition coefficient (Wildman–Crippen LogP) is 1.21. The number of primary amides is 1. The minimum Gasteiger partial charge on any atom is -0.445 e. The summed E-state index contributed by atoms with van der Waals surface area (Å²) in [4.78, 5) is 9.98. The molecule has 10 heavy (non-hydrogen) atoms. The minimum atomic E-state index is -0.745. The minimum absolute atomic E-state index is 0.236. The lowest BCUT2D eigenvalue weighted by molar-refractivity contribution is 0.169. The molecule has 3 heteroatoms. The first-order chi connectivity index (χ1) is 4.77. The van der Waals surface area contributed by atoms with E-state index in [-0.39, 0.29) is 6.61 Å². The molecule has 0 saturated carbocycles. The average molecular weight is 141 g/mol. The first-order valence-electron chi connectivity index (χ1n) is 2.97. The van der Waals surface area contributed by atoms with Gasteiger partial charge in [-0.25, -0.2) is 4.79 Å². The zero-order valence-electron chi connectivity index (χ0n) is 5.91. The van der Waals surface area contributed by atoms with E-state index in [4.69, 9.17) is 5.73 Å². The van der Waals surface area contributed by atoms with Crippen LogP contribution in [0.15, 0.2) is 24.3 Å². The third-order valence-electron chi connectivity index (χ3n) is 0.761. The molecule has 3 nitrogen and oxygen atoms in total. The lowest BCUT2D eigenvalue weighted by Crippen LogP contribution is -2.12. The van der Waals surface area contributed by atoms with Gasteiger partial charge >= 0.3 is 6.09 Å². The van der Waals surface area contributed by atoms with E-state index >= 15 is 0 Å². The van der Waals surface area contributed by atoms with Gasteiger partial charge in [-0.05, 0) is 13.0 Å². The molecule has 0 rings (SSSR count). The summed E-state index contributed by atoms with van der Waals surface area (Å²) in [5.74, 6) is 0. The van der Waals surface area contributed by atoms with Crippen LogP contribution in [-0.4, -0.2) is 12.7 Å². The van der Waals surface area contributed by atoms with Crippen molar-refractivity contribution in [3.63, 3.8) is 0 Å². The Morgan fingerprint density at radius 2 is 2.30 bits per heavy atom. The molecule has 0 aliphatic rings. The normalized spacial score (nSPS) is 10.9. The van der Waals surface area contributed by atoms with Gasteiger partial charge in [0.15, 0.2) is 0 Å². The van der Waals surface area contributed by atoms with E-state index in [1.807, 2.05) is 19.1 Å². The van der Waals surface area contributed by atoms with Crippen LogP contribution in [0.2, 0.25) is 0 Å². The van der Waals surface area contributed by atoms with Crippen molar-refractivity contribution in [2.45, 2.75) is 6.92 Å². The molecule has 56 valence electrons. The monoisotopic (exact) mass is 141 g/mol. The molecular formula is C7H11NO2. The number of amides is 1. The van der Waals surface area contributed by atoms with Crippen LogP contribution in [0.5, 0.6) is 0 Å². The maximum absolute atomic E-state index is 9.98. The Kier molecular flexibility index (Phi) is 5.14. The summed E-state index contributed by atoms with van der Waals surface area (Å²) in [6, 6.07) is 0. The fraction of sp³-hybridized carbons (Fsp3) is 0.286. The zero-order chi connectivity index (χ0) is 7.82. The van der Waals surface area contributed by atoms with E-state index < -0.39 is 6.09 Å². The van der Waals surface area contributed by atoms with Crippen LogP contribution in [-0.2, 0) is 4.74 Å². The molecule has 0 aliphatic carbocycles. The molecule has 0 bridgehead atoms. The van der Waals surface area contributed by atoms with Gasteiger partial charge in [0.1, 0.15) is 6.61 Å². The quantitative estimate of drug-likeness (QED) is 0.600. The highest BCUT2D eigenvalue weighted by Gasteiger charge is 1.85. The molecule has 0 fully saturated rings. The zero-order valence-corrected chi connectivity index (χ0v) is 5.91. The Hall–Kier alpha value is -1.25. The molecule has 0 unspecified atom stereocenters. The highest BCUT2D eigenvalue weighted by Crippen LogP contribution is 1.78. The number of ether oxygens (including phenoxy) is 1. The van der Waals surface area contributed by atoms with Gasteiger partial charge in [-0.1, -0.05) is 18.2 Å². The van der Waals surface area contributed by atoms with Gasteiger partial charge in [-0.15, -0.1) is 0 Å². The van der Waals surface area contributed by atoms with Gasteiger partial charge in [-0.2, -0.15) is 0 Å². The van der Waals surface area contributed by atoms with Crippen LogP contribution < -0.4 is 5.73 Å². The Bertz CT molecular complexity index is 150. The van der Waals surface area contributed by atoms with Crippen LogP contribution in [0.1, 0.15) is 6.92 Å². The number of carbonyl (C=O) groups is 1. The maximum Gasteiger partial charge on any atom is 0.404 e. The average Bonchev–Trinajstić information content (AvgIpc) is 1.87. The smallest absolute Gasteiger partial charge is 0.404 e. The number of hydrogen-bond acceptors (Lipinski definition) is 2. The van der Waals surface area contributed by atoms with Crippen molar-refractivity contribution in [2.75, 3.05) is 6.61 Å². The fourth-order valence-electron chi connectivity index (χ4n) is 0.375. The topological polar surface area (TPSA) is 52.3 Å². The highest BCUT2D eigenvalue weighted by molar-refractivity contribution is 5.64. The molecule has 2 N–H and O–H groups in total. The lowest BCUT2D eigenvalue weighted by atomic mass is 10.4. The van der Waals surface area contributed by atoms with Gasteiger partial charge in [0.25, 0.3) is 0 Å². The van der Waals surface area contributed by atoms with Gasteiger partial charge in [-0.3, -0.25) is 0 Å². The first kappa shape index (κ1) is 8.75. The SMILES string of the molecule is C/C=C/C=C/COC(N)=O. The van der Waals surface area contributed by atoms with Gasteiger partial charge in [0, 0.05) is 0 Å². The summed E-state index contributed by atoms with van der Waals surface area (Å²) in [6.07, 6.45) is 6.45. The predicted molar refractivity (Wildman–Crippen MR) is 39.5 cm³/mol. The van der Waals surface area contributed by atoms with Crippen LogP contribution in [0.25, 0.3) is 0 Å². The molecule has 0 saturated heterocycles. The number of rotatable bonds is 3. The summed E-state index contributed by atoms with van der Waals surface area (Å²) >= 11 is 0. The van der Waals surface area contributed by atoms with Crippen LogP contribution in [0.3, 0.4) is 0 Å².